The number of rotatable bonds is 3. The SMILES string of the molecule is CO[C@H]1C[C@@H](C(N)=O)N(C(=O)c2cccc(Br)c2C)C1. The summed E-state index contributed by atoms with van der Waals surface area (Å²) in [5, 5.41) is 0. The van der Waals surface area contributed by atoms with E-state index in [1.165, 1.54) is 4.90 Å². The van der Waals surface area contributed by atoms with Crippen LogP contribution in [0.15, 0.2) is 22.7 Å². The fourth-order valence-electron chi connectivity index (χ4n) is 2.46. The van der Waals surface area contributed by atoms with Crippen LogP contribution in [0.2, 0.25) is 0 Å². The molecule has 0 radical (unpaired) electrons. The number of carbonyl (C=O) groups excluding carboxylic acids is 2. The van der Waals surface area contributed by atoms with Gasteiger partial charge in [-0.25, -0.2) is 0 Å². The fraction of sp³-hybridized carbons (Fsp3) is 0.429. The van der Waals surface area contributed by atoms with Crippen LogP contribution in [-0.2, 0) is 9.53 Å². The van der Waals surface area contributed by atoms with Gasteiger partial charge in [0.2, 0.25) is 5.91 Å². The Morgan fingerprint density at radius 1 is 1.45 bits per heavy atom. The van der Waals surface area contributed by atoms with Crippen molar-refractivity contribution in [2.75, 3.05) is 13.7 Å². The van der Waals surface area contributed by atoms with Crippen LogP contribution >= 0.6 is 15.9 Å². The maximum atomic E-state index is 12.6. The number of primary amides is 1. The normalized spacial score (nSPS) is 22.1. The third-order valence-electron chi connectivity index (χ3n) is 3.68. The van der Waals surface area contributed by atoms with Gasteiger partial charge >= 0.3 is 0 Å². The predicted octanol–water partition coefficient (Wildman–Crippen LogP) is 1.47. The van der Waals surface area contributed by atoms with Gasteiger partial charge < -0.3 is 15.4 Å². The Hall–Kier alpha value is -1.40. The van der Waals surface area contributed by atoms with E-state index in [-0.39, 0.29) is 12.0 Å². The molecule has 0 bridgehead atoms. The van der Waals surface area contributed by atoms with Crippen LogP contribution in [0, 0.1) is 6.92 Å². The average Bonchev–Trinajstić information content (AvgIpc) is 2.85. The highest BCUT2D eigenvalue weighted by molar-refractivity contribution is 9.10. The van der Waals surface area contributed by atoms with Gasteiger partial charge in [0.1, 0.15) is 6.04 Å². The summed E-state index contributed by atoms with van der Waals surface area (Å²) in [4.78, 5) is 25.7. The highest BCUT2D eigenvalue weighted by Gasteiger charge is 2.39. The Bertz CT molecular complexity index is 547. The van der Waals surface area contributed by atoms with Crippen molar-refractivity contribution in [1.29, 1.82) is 0 Å². The van der Waals surface area contributed by atoms with E-state index in [4.69, 9.17) is 10.5 Å². The van der Waals surface area contributed by atoms with Crippen molar-refractivity contribution in [3.63, 3.8) is 0 Å². The molecule has 1 fully saturated rings. The van der Waals surface area contributed by atoms with Crippen LogP contribution in [0.4, 0.5) is 0 Å². The van der Waals surface area contributed by atoms with Gasteiger partial charge in [0.05, 0.1) is 6.10 Å². The molecule has 108 valence electrons. The average molecular weight is 341 g/mol. The minimum absolute atomic E-state index is 0.149. The summed E-state index contributed by atoms with van der Waals surface area (Å²) >= 11 is 3.41. The van der Waals surface area contributed by atoms with Crippen LogP contribution in [0.5, 0.6) is 0 Å². The molecule has 0 unspecified atom stereocenters. The molecule has 1 aliphatic heterocycles. The third-order valence-corrected chi connectivity index (χ3v) is 4.54. The fourth-order valence-corrected chi connectivity index (χ4v) is 2.82. The van der Waals surface area contributed by atoms with E-state index in [1.807, 2.05) is 13.0 Å². The first-order valence-electron chi connectivity index (χ1n) is 6.34. The van der Waals surface area contributed by atoms with Crippen molar-refractivity contribution in [3.05, 3.63) is 33.8 Å². The van der Waals surface area contributed by atoms with E-state index in [0.717, 1.165) is 10.0 Å². The van der Waals surface area contributed by atoms with E-state index < -0.39 is 11.9 Å². The molecule has 0 saturated carbocycles. The van der Waals surface area contributed by atoms with Gasteiger partial charge in [-0.3, -0.25) is 9.59 Å². The first-order valence-corrected chi connectivity index (χ1v) is 7.13. The lowest BCUT2D eigenvalue weighted by molar-refractivity contribution is -0.121. The maximum absolute atomic E-state index is 12.6. The van der Waals surface area contributed by atoms with Crippen LogP contribution in [0.25, 0.3) is 0 Å². The number of hydrogen-bond donors (Lipinski definition) is 1. The molecular weight excluding hydrogens is 324 g/mol. The second-order valence-electron chi connectivity index (χ2n) is 4.88. The van der Waals surface area contributed by atoms with Crippen LogP contribution < -0.4 is 5.73 Å². The highest BCUT2D eigenvalue weighted by Crippen LogP contribution is 2.26. The molecule has 0 spiro atoms. The van der Waals surface area contributed by atoms with Crippen LogP contribution in [-0.4, -0.2) is 42.5 Å². The summed E-state index contributed by atoms with van der Waals surface area (Å²) in [6.07, 6.45) is 0.300. The number of nitrogens with zero attached hydrogens (tertiary/aromatic N) is 1. The van der Waals surface area contributed by atoms with Crippen LogP contribution in [0.3, 0.4) is 0 Å². The number of carbonyl (C=O) groups is 2. The molecule has 2 rings (SSSR count). The Morgan fingerprint density at radius 2 is 2.15 bits per heavy atom. The van der Waals surface area contributed by atoms with Crippen molar-refractivity contribution >= 4 is 27.7 Å². The standard InChI is InChI=1S/C14H17BrN2O3/c1-8-10(4-3-5-11(8)15)14(19)17-7-9(20-2)6-12(17)13(16)18/h3-5,9,12H,6-7H2,1-2H3,(H2,16,18)/t9-,12-/m0/s1. The summed E-state index contributed by atoms with van der Waals surface area (Å²) in [5.41, 5.74) is 6.81. The molecule has 0 aliphatic carbocycles. The lowest BCUT2D eigenvalue weighted by Gasteiger charge is -2.23. The Morgan fingerprint density at radius 3 is 2.75 bits per heavy atom. The molecule has 20 heavy (non-hydrogen) atoms. The summed E-state index contributed by atoms with van der Waals surface area (Å²) < 4.78 is 6.11. The number of likely N-dealkylation sites (tertiary alicyclic amines) is 1. The van der Waals surface area contributed by atoms with Crippen molar-refractivity contribution in [1.82, 2.24) is 4.90 Å². The van der Waals surface area contributed by atoms with E-state index in [0.29, 0.717) is 18.5 Å². The van der Waals surface area contributed by atoms with Crippen LogP contribution in [0.1, 0.15) is 22.3 Å². The molecule has 1 aromatic rings. The molecule has 2 amide bonds. The molecule has 1 heterocycles. The quantitative estimate of drug-likeness (QED) is 0.905. The topological polar surface area (TPSA) is 72.6 Å². The molecule has 6 heteroatoms. The molecule has 1 saturated heterocycles. The smallest absolute Gasteiger partial charge is 0.254 e. The minimum atomic E-state index is -0.606. The summed E-state index contributed by atoms with van der Waals surface area (Å²) in [6.45, 7) is 2.25. The van der Waals surface area contributed by atoms with Gasteiger partial charge in [0, 0.05) is 30.1 Å². The summed E-state index contributed by atoms with van der Waals surface area (Å²) in [5.74, 6) is -0.683. The summed E-state index contributed by atoms with van der Waals surface area (Å²) in [7, 11) is 1.57. The second kappa shape index (κ2) is 5.93. The Labute approximate surface area is 126 Å². The Balaban J connectivity index is 2.31. The van der Waals surface area contributed by atoms with E-state index in [9.17, 15) is 9.59 Å². The first-order chi connectivity index (χ1) is 9.45. The van der Waals surface area contributed by atoms with Crippen molar-refractivity contribution in [2.45, 2.75) is 25.5 Å². The third kappa shape index (κ3) is 2.71. The number of methoxy groups -OCH3 is 1. The maximum Gasteiger partial charge on any atom is 0.254 e. The zero-order valence-electron chi connectivity index (χ0n) is 11.4. The van der Waals surface area contributed by atoms with Gasteiger partial charge in [-0.15, -0.1) is 0 Å². The molecular formula is C14H17BrN2O3. The van der Waals surface area contributed by atoms with E-state index in [1.54, 1.807) is 19.2 Å². The van der Waals surface area contributed by atoms with E-state index in [2.05, 4.69) is 15.9 Å². The highest BCUT2D eigenvalue weighted by atomic mass is 79.9. The van der Waals surface area contributed by atoms with Gasteiger partial charge in [-0.2, -0.15) is 0 Å². The molecule has 2 atom stereocenters. The largest absolute Gasteiger partial charge is 0.380 e. The van der Waals surface area contributed by atoms with Gasteiger partial charge in [0.15, 0.2) is 0 Å². The second-order valence-corrected chi connectivity index (χ2v) is 5.74. The van der Waals surface area contributed by atoms with Gasteiger partial charge in [0.25, 0.3) is 5.91 Å². The first kappa shape index (κ1) is 15.0. The lowest BCUT2D eigenvalue weighted by atomic mass is 10.1. The van der Waals surface area contributed by atoms with Crippen molar-refractivity contribution in [2.24, 2.45) is 5.73 Å². The van der Waals surface area contributed by atoms with E-state index >= 15 is 0 Å². The zero-order chi connectivity index (χ0) is 14.9. The van der Waals surface area contributed by atoms with Gasteiger partial charge in [-0.1, -0.05) is 22.0 Å². The minimum Gasteiger partial charge on any atom is -0.380 e. The molecule has 5 nitrogen and oxygen atoms in total. The number of benzene rings is 1. The van der Waals surface area contributed by atoms with Gasteiger partial charge in [-0.05, 0) is 24.6 Å². The predicted molar refractivity (Wildman–Crippen MR) is 78.3 cm³/mol. The van der Waals surface area contributed by atoms with Crippen molar-refractivity contribution in [3.8, 4) is 0 Å². The zero-order valence-corrected chi connectivity index (χ0v) is 13.0. The Kier molecular flexibility index (Phi) is 4.45. The number of amides is 2. The molecule has 2 N–H and O–H groups in total. The van der Waals surface area contributed by atoms with Crippen molar-refractivity contribution < 1.29 is 14.3 Å². The number of nitrogens with two attached hydrogens (primary N) is 1. The monoisotopic (exact) mass is 340 g/mol. The number of halogens is 1. The molecule has 1 aliphatic rings. The number of ether oxygens (including phenoxy) is 1. The molecule has 0 aromatic heterocycles. The summed E-state index contributed by atoms with van der Waals surface area (Å²) in [6, 6.07) is 4.82. The molecule has 1 aromatic carbocycles. The lowest BCUT2D eigenvalue weighted by Crippen LogP contribution is -2.44. The number of hydrogen-bond acceptors (Lipinski definition) is 3.